The largest absolute Gasteiger partial charge is 0.310 e. The third kappa shape index (κ3) is 3.83. The molecule has 0 aromatic heterocycles. The predicted molar refractivity (Wildman–Crippen MR) is 78.6 cm³/mol. The normalized spacial score (nSPS) is 25.6. The van der Waals surface area contributed by atoms with Gasteiger partial charge in [-0.15, -0.1) is 0 Å². The quantitative estimate of drug-likeness (QED) is 0.908. The van der Waals surface area contributed by atoms with Gasteiger partial charge in [0.05, 0.1) is 17.7 Å². The molecule has 1 aliphatic rings. The van der Waals surface area contributed by atoms with Crippen LogP contribution in [0, 0.1) is 28.1 Å². The van der Waals surface area contributed by atoms with Crippen molar-refractivity contribution in [1.82, 2.24) is 5.32 Å². The molecule has 1 saturated carbocycles. The number of nitrogens with zero attached hydrogens (tertiary/aromatic N) is 2. The summed E-state index contributed by atoms with van der Waals surface area (Å²) in [7, 11) is 0. The molecule has 0 spiro atoms. The molecule has 3 heteroatoms. The maximum Gasteiger partial charge on any atom is 0.0991 e. The Morgan fingerprint density at radius 1 is 1.30 bits per heavy atom. The molecule has 0 heterocycles. The van der Waals surface area contributed by atoms with E-state index in [0.717, 1.165) is 43.4 Å². The van der Waals surface area contributed by atoms with Crippen LogP contribution < -0.4 is 5.32 Å². The summed E-state index contributed by atoms with van der Waals surface area (Å²) >= 11 is 0. The van der Waals surface area contributed by atoms with Crippen molar-refractivity contribution in [3.63, 3.8) is 0 Å². The van der Waals surface area contributed by atoms with E-state index in [9.17, 15) is 0 Å². The van der Waals surface area contributed by atoms with E-state index in [0.29, 0.717) is 12.5 Å². The molecule has 3 nitrogen and oxygen atoms in total. The Morgan fingerprint density at radius 2 is 2.05 bits per heavy atom. The summed E-state index contributed by atoms with van der Waals surface area (Å²) in [5, 5.41) is 21.3. The van der Waals surface area contributed by atoms with E-state index in [1.165, 1.54) is 0 Å². The van der Waals surface area contributed by atoms with Gasteiger partial charge in [-0.05, 0) is 48.8 Å². The summed E-state index contributed by atoms with van der Waals surface area (Å²) < 4.78 is 0. The highest BCUT2D eigenvalue weighted by atomic mass is 14.9. The van der Waals surface area contributed by atoms with Gasteiger partial charge in [0, 0.05) is 19.0 Å². The van der Waals surface area contributed by atoms with Crippen molar-refractivity contribution in [2.75, 3.05) is 0 Å². The molecular formula is C17H21N3. The minimum atomic E-state index is 0.216. The van der Waals surface area contributed by atoms with E-state index in [1.54, 1.807) is 0 Å². The molecule has 0 aliphatic heterocycles. The van der Waals surface area contributed by atoms with Crippen molar-refractivity contribution < 1.29 is 0 Å². The lowest BCUT2D eigenvalue weighted by molar-refractivity contribution is 0.188. The monoisotopic (exact) mass is 267 g/mol. The van der Waals surface area contributed by atoms with Gasteiger partial charge in [0.2, 0.25) is 0 Å². The second kappa shape index (κ2) is 6.55. The molecule has 2 rings (SSSR count). The molecule has 20 heavy (non-hydrogen) atoms. The summed E-state index contributed by atoms with van der Waals surface area (Å²) in [6.07, 6.45) is 5.18. The van der Waals surface area contributed by atoms with Crippen LogP contribution in [0.5, 0.6) is 0 Å². The fourth-order valence-electron chi connectivity index (χ4n) is 2.90. The van der Waals surface area contributed by atoms with Crippen LogP contribution in [0.3, 0.4) is 0 Å². The molecule has 0 atom stereocenters. The van der Waals surface area contributed by atoms with Crippen LogP contribution in [0.25, 0.3) is 0 Å². The first-order valence-corrected chi connectivity index (χ1v) is 7.25. The number of nitriles is 2. The Labute approximate surface area is 121 Å². The Balaban J connectivity index is 1.82. The van der Waals surface area contributed by atoms with Crippen molar-refractivity contribution >= 4 is 0 Å². The SMILES string of the molecule is C[C@]1(CC#N)CC[C@H](NCc2cccc(C#N)c2)CC1. The zero-order valence-corrected chi connectivity index (χ0v) is 12.0. The van der Waals surface area contributed by atoms with Gasteiger partial charge in [0.1, 0.15) is 0 Å². The smallest absolute Gasteiger partial charge is 0.0991 e. The van der Waals surface area contributed by atoms with Crippen molar-refractivity contribution in [2.45, 2.75) is 51.6 Å². The highest BCUT2D eigenvalue weighted by Gasteiger charge is 2.30. The van der Waals surface area contributed by atoms with Crippen LogP contribution >= 0.6 is 0 Å². The van der Waals surface area contributed by atoms with E-state index in [-0.39, 0.29) is 5.41 Å². The van der Waals surface area contributed by atoms with Gasteiger partial charge in [0.15, 0.2) is 0 Å². The van der Waals surface area contributed by atoms with E-state index in [2.05, 4.69) is 30.4 Å². The van der Waals surface area contributed by atoms with E-state index >= 15 is 0 Å². The van der Waals surface area contributed by atoms with E-state index in [4.69, 9.17) is 10.5 Å². The van der Waals surface area contributed by atoms with Gasteiger partial charge in [-0.2, -0.15) is 10.5 Å². The van der Waals surface area contributed by atoms with Gasteiger partial charge in [-0.1, -0.05) is 19.1 Å². The molecule has 0 unspecified atom stereocenters. The van der Waals surface area contributed by atoms with Crippen LogP contribution in [-0.4, -0.2) is 6.04 Å². The van der Waals surface area contributed by atoms with Crippen molar-refractivity contribution in [1.29, 1.82) is 10.5 Å². The molecule has 1 N–H and O–H groups in total. The summed E-state index contributed by atoms with van der Waals surface area (Å²) in [5.41, 5.74) is 2.09. The van der Waals surface area contributed by atoms with Crippen LogP contribution in [0.2, 0.25) is 0 Å². The number of nitrogens with one attached hydrogen (secondary N) is 1. The lowest BCUT2D eigenvalue weighted by Gasteiger charge is -2.36. The molecule has 1 aliphatic carbocycles. The minimum Gasteiger partial charge on any atom is -0.310 e. The van der Waals surface area contributed by atoms with E-state index < -0.39 is 0 Å². The summed E-state index contributed by atoms with van der Waals surface area (Å²) in [6.45, 7) is 3.04. The third-order valence-corrected chi connectivity index (χ3v) is 4.35. The highest BCUT2D eigenvalue weighted by molar-refractivity contribution is 5.32. The van der Waals surface area contributed by atoms with Gasteiger partial charge >= 0.3 is 0 Å². The second-order valence-electron chi connectivity index (χ2n) is 6.11. The van der Waals surface area contributed by atoms with Crippen molar-refractivity contribution in [3.8, 4) is 12.1 Å². The molecule has 0 radical (unpaired) electrons. The fraction of sp³-hybridized carbons (Fsp3) is 0.529. The van der Waals surface area contributed by atoms with Crippen LogP contribution in [0.1, 0.15) is 50.2 Å². The fourth-order valence-corrected chi connectivity index (χ4v) is 2.90. The van der Waals surface area contributed by atoms with Crippen LogP contribution in [-0.2, 0) is 6.54 Å². The van der Waals surface area contributed by atoms with Gasteiger partial charge in [-0.25, -0.2) is 0 Å². The lowest BCUT2D eigenvalue weighted by Crippen LogP contribution is -2.36. The first-order chi connectivity index (χ1) is 9.65. The third-order valence-electron chi connectivity index (χ3n) is 4.35. The summed E-state index contributed by atoms with van der Waals surface area (Å²) in [5.74, 6) is 0. The minimum absolute atomic E-state index is 0.216. The average Bonchev–Trinajstić information content (AvgIpc) is 2.47. The summed E-state index contributed by atoms with van der Waals surface area (Å²) in [6, 6.07) is 12.8. The summed E-state index contributed by atoms with van der Waals surface area (Å²) in [4.78, 5) is 0. The van der Waals surface area contributed by atoms with Crippen LogP contribution in [0.4, 0.5) is 0 Å². The molecular weight excluding hydrogens is 246 g/mol. The molecule has 0 saturated heterocycles. The maximum atomic E-state index is 8.89. The Kier molecular flexibility index (Phi) is 4.77. The van der Waals surface area contributed by atoms with Crippen LogP contribution in [0.15, 0.2) is 24.3 Å². The Bertz CT molecular complexity index is 528. The van der Waals surface area contributed by atoms with Gasteiger partial charge in [-0.3, -0.25) is 0 Å². The zero-order chi connectivity index (χ0) is 14.4. The Hall–Kier alpha value is -1.84. The van der Waals surface area contributed by atoms with Gasteiger partial charge in [0.25, 0.3) is 0 Å². The standard InChI is InChI=1S/C17H21N3/c1-17(9-10-18)7-5-16(6-8-17)20-13-15-4-2-3-14(11-15)12-19/h2-4,11,16,20H,5-9,13H2,1H3/t16-,17-. The first-order valence-electron chi connectivity index (χ1n) is 7.25. The number of rotatable bonds is 4. The predicted octanol–water partition coefficient (Wildman–Crippen LogP) is 3.51. The molecule has 0 amide bonds. The lowest BCUT2D eigenvalue weighted by atomic mass is 9.72. The van der Waals surface area contributed by atoms with Crippen molar-refractivity contribution in [2.24, 2.45) is 5.41 Å². The van der Waals surface area contributed by atoms with Gasteiger partial charge < -0.3 is 5.32 Å². The topological polar surface area (TPSA) is 59.6 Å². The van der Waals surface area contributed by atoms with E-state index in [1.807, 2.05) is 18.2 Å². The number of benzene rings is 1. The number of hydrogen-bond donors (Lipinski definition) is 1. The molecule has 0 bridgehead atoms. The molecule has 1 aromatic carbocycles. The molecule has 104 valence electrons. The average molecular weight is 267 g/mol. The maximum absolute atomic E-state index is 8.89. The molecule has 1 fully saturated rings. The zero-order valence-electron chi connectivity index (χ0n) is 12.0. The second-order valence-corrected chi connectivity index (χ2v) is 6.11. The molecule has 1 aromatic rings. The van der Waals surface area contributed by atoms with Crippen molar-refractivity contribution in [3.05, 3.63) is 35.4 Å². The first kappa shape index (κ1) is 14.6. The number of hydrogen-bond acceptors (Lipinski definition) is 3. The highest BCUT2D eigenvalue weighted by Crippen LogP contribution is 2.38. The Morgan fingerprint density at radius 3 is 2.70 bits per heavy atom.